The van der Waals surface area contributed by atoms with Crippen LogP contribution in [0.15, 0.2) is 18.2 Å². The number of nitrogens with two attached hydrogens (primary N) is 1. The molecule has 0 aromatic heterocycles. The summed E-state index contributed by atoms with van der Waals surface area (Å²) in [5.74, 6) is -1.56. The van der Waals surface area contributed by atoms with Crippen molar-refractivity contribution in [2.24, 2.45) is 5.73 Å². The molecule has 1 aromatic carbocycles. The van der Waals surface area contributed by atoms with Crippen LogP contribution >= 0.6 is 0 Å². The maximum absolute atomic E-state index is 13.3. The first kappa shape index (κ1) is 12.5. The lowest BCUT2D eigenvalue weighted by Crippen LogP contribution is -2.38. The largest absolute Gasteiger partial charge is 0.494 e. The topological polar surface area (TPSA) is 115 Å². The fourth-order valence-corrected chi connectivity index (χ4v) is 1.08. The fourth-order valence-electron chi connectivity index (χ4n) is 1.08. The number of hydrogen-bond acceptors (Lipinski definition) is 5. The highest BCUT2D eigenvalue weighted by molar-refractivity contribution is 5.90. The number of ether oxygens (including phenoxy) is 1. The smallest absolute Gasteiger partial charge is 0.317 e. The first-order chi connectivity index (χ1) is 7.95. The Hall–Kier alpha value is -2.58. The van der Waals surface area contributed by atoms with Gasteiger partial charge in [0.05, 0.1) is 12.8 Å². The highest BCUT2D eigenvalue weighted by atomic mass is 19.1. The lowest BCUT2D eigenvalue weighted by atomic mass is 10.3. The fraction of sp³-hybridized carbons (Fsp3) is 0.125. The van der Waals surface area contributed by atoms with Crippen LogP contribution < -0.4 is 15.5 Å². The van der Waals surface area contributed by atoms with Crippen molar-refractivity contribution in [2.45, 2.75) is 0 Å². The Labute approximate surface area is 94.9 Å². The quantitative estimate of drug-likeness (QED) is 0.348. The SMILES string of the molecule is COc1ccc(N(O[N+](=O)[O-])C(=N)N)cc1F. The second-order valence-electron chi connectivity index (χ2n) is 2.80. The van der Waals surface area contributed by atoms with E-state index in [1.165, 1.54) is 19.2 Å². The summed E-state index contributed by atoms with van der Waals surface area (Å²) >= 11 is 0. The summed E-state index contributed by atoms with van der Waals surface area (Å²) in [6.45, 7) is 0. The van der Waals surface area contributed by atoms with E-state index in [4.69, 9.17) is 11.1 Å². The van der Waals surface area contributed by atoms with Crippen LogP contribution in [0.4, 0.5) is 10.1 Å². The summed E-state index contributed by atoms with van der Waals surface area (Å²) < 4.78 is 18.0. The molecule has 3 N–H and O–H groups in total. The number of benzene rings is 1. The van der Waals surface area contributed by atoms with Crippen LogP contribution in [0.25, 0.3) is 0 Å². The van der Waals surface area contributed by atoms with Gasteiger partial charge in [-0.1, -0.05) is 0 Å². The van der Waals surface area contributed by atoms with Gasteiger partial charge in [-0.3, -0.25) is 5.41 Å². The molecule has 9 heteroatoms. The van der Waals surface area contributed by atoms with Crippen LogP contribution in [-0.4, -0.2) is 18.2 Å². The standard InChI is InChI=1S/C8H9FN4O4/c1-16-7-3-2-5(4-6(7)9)12(8(10)11)17-13(14)15/h2-4H,1H3,(H3,10,11). The molecule has 0 saturated carbocycles. The van der Waals surface area contributed by atoms with Crippen molar-refractivity contribution in [3.05, 3.63) is 34.1 Å². The minimum atomic E-state index is -1.16. The summed E-state index contributed by atoms with van der Waals surface area (Å²) in [5.41, 5.74) is 4.96. The highest BCUT2D eigenvalue weighted by Gasteiger charge is 2.16. The second-order valence-corrected chi connectivity index (χ2v) is 2.80. The normalized spacial score (nSPS) is 9.53. The molecule has 0 fully saturated rings. The number of anilines is 1. The van der Waals surface area contributed by atoms with Gasteiger partial charge in [0.25, 0.3) is 0 Å². The van der Waals surface area contributed by atoms with Gasteiger partial charge in [-0.05, 0) is 12.1 Å². The van der Waals surface area contributed by atoms with E-state index >= 15 is 0 Å². The van der Waals surface area contributed by atoms with Crippen molar-refractivity contribution in [3.63, 3.8) is 0 Å². The molecule has 17 heavy (non-hydrogen) atoms. The van der Waals surface area contributed by atoms with Crippen molar-refractivity contribution in [3.8, 4) is 5.75 Å². The zero-order valence-electron chi connectivity index (χ0n) is 8.71. The minimum absolute atomic E-state index is 0.0432. The van der Waals surface area contributed by atoms with Crippen molar-refractivity contribution in [1.29, 1.82) is 5.41 Å². The molecule has 0 aliphatic carbocycles. The maximum atomic E-state index is 13.3. The second kappa shape index (κ2) is 4.96. The number of nitrogens with zero attached hydrogens (tertiary/aromatic N) is 2. The molecule has 0 heterocycles. The molecule has 0 aliphatic rings. The molecule has 0 atom stereocenters. The summed E-state index contributed by atoms with van der Waals surface area (Å²) in [7, 11) is 1.27. The van der Waals surface area contributed by atoms with Crippen LogP contribution in [0.3, 0.4) is 0 Å². The Morgan fingerprint density at radius 3 is 2.71 bits per heavy atom. The van der Waals surface area contributed by atoms with Crippen molar-refractivity contribution in [2.75, 3.05) is 12.2 Å². The van der Waals surface area contributed by atoms with Gasteiger partial charge >= 0.3 is 5.09 Å². The zero-order chi connectivity index (χ0) is 13.0. The summed E-state index contributed by atoms with van der Waals surface area (Å²) in [5, 5.41) is 16.4. The third-order valence-electron chi connectivity index (χ3n) is 1.74. The van der Waals surface area contributed by atoms with Crippen LogP contribution in [-0.2, 0) is 4.94 Å². The van der Waals surface area contributed by atoms with Crippen molar-refractivity contribution in [1.82, 2.24) is 0 Å². The Balaban J connectivity index is 3.06. The van der Waals surface area contributed by atoms with E-state index < -0.39 is 16.9 Å². The maximum Gasteiger partial charge on any atom is 0.317 e. The molecule has 1 rings (SSSR count). The average molecular weight is 244 g/mol. The number of halogens is 1. The Morgan fingerprint density at radius 2 is 2.29 bits per heavy atom. The zero-order valence-corrected chi connectivity index (χ0v) is 8.71. The van der Waals surface area contributed by atoms with Gasteiger partial charge in [-0.2, -0.15) is 4.94 Å². The van der Waals surface area contributed by atoms with E-state index in [0.29, 0.717) is 5.06 Å². The summed E-state index contributed by atoms with van der Waals surface area (Å²) in [4.78, 5) is 14.2. The van der Waals surface area contributed by atoms with Crippen molar-refractivity contribution < 1.29 is 19.2 Å². The number of nitrogens with one attached hydrogen (secondary N) is 1. The molecule has 0 saturated heterocycles. The molecule has 0 aliphatic heterocycles. The predicted molar refractivity (Wildman–Crippen MR) is 55.4 cm³/mol. The first-order valence-electron chi connectivity index (χ1n) is 4.26. The van der Waals surface area contributed by atoms with Crippen LogP contribution in [0.2, 0.25) is 0 Å². The number of rotatable bonds is 4. The van der Waals surface area contributed by atoms with Gasteiger partial charge in [0.15, 0.2) is 11.6 Å². The number of methoxy groups -OCH3 is 1. The first-order valence-corrected chi connectivity index (χ1v) is 4.26. The van der Waals surface area contributed by atoms with Gasteiger partial charge in [-0.25, -0.2) is 4.39 Å². The molecule has 8 nitrogen and oxygen atoms in total. The van der Waals surface area contributed by atoms with Gasteiger partial charge in [0.2, 0.25) is 5.96 Å². The molecule has 0 radical (unpaired) electrons. The third kappa shape index (κ3) is 2.93. The van der Waals surface area contributed by atoms with E-state index in [1.807, 2.05) is 0 Å². The lowest BCUT2D eigenvalue weighted by molar-refractivity contribution is -0.758. The van der Waals surface area contributed by atoms with Gasteiger partial charge in [-0.15, -0.1) is 15.2 Å². The van der Waals surface area contributed by atoms with Crippen LogP contribution in [0.1, 0.15) is 0 Å². The predicted octanol–water partition coefficient (Wildman–Crippen LogP) is 0.657. The van der Waals surface area contributed by atoms with Gasteiger partial charge in [0.1, 0.15) is 0 Å². The number of hydroxylamine groups is 1. The molecule has 0 bridgehead atoms. The van der Waals surface area contributed by atoms with Crippen LogP contribution in [0.5, 0.6) is 5.75 Å². The lowest BCUT2D eigenvalue weighted by Gasteiger charge is -2.18. The minimum Gasteiger partial charge on any atom is -0.494 e. The molecule has 0 unspecified atom stereocenters. The molecule has 0 spiro atoms. The van der Waals surface area contributed by atoms with E-state index in [2.05, 4.69) is 9.68 Å². The number of guanidine groups is 1. The van der Waals surface area contributed by atoms with E-state index in [9.17, 15) is 14.5 Å². The molecular formula is C8H9FN4O4. The Kier molecular flexibility index (Phi) is 3.65. The Morgan fingerprint density at radius 1 is 1.65 bits per heavy atom. The monoisotopic (exact) mass is 244 g/mol. The van der Waals surface area contributed by atoms with Gasteiger partial charge in [0, 0.05) is 6.07 Å². The highest BCUT2D eigenvalue weighted by Crippen LogP contribution is 2.23. The average Bonchev–Trinajstić information content (AvgIpc) is 2.25. The molecule has 1 aromatic rings. The summed E-state index contributed by atoms with van der Waals surface area (Å²) in [6.07, 6.45) is 0. The third-order valence-corrected chi connectivity index (χ3v) is 1.74. The molecular weight excluding hydrogens is 235 g/mol. The number of hydrogen-bond donors (Lipinski definition) is 2. The van der Waals surface area contributed by atoms with E-state index in [0.717, 1.165) is 6.07 Å². The van der Waals surface area contributed by atoms with E-state index in [-0.39, 0.29) is 11.4 Å². The van der Waals surface area contributed by atoms with Crippen molar-refractivity contribution >= 4 is 11.6 Å². The van der Waals surface area contributed by atoms with Gasteiger partial charge < -0.3 is 10.5 Å². The van der Waals surface area contributed by atoms with Crippen LogP contribution in [0, 0.1) is 21.3 Å². The molecule has 92 valence electrons. The molecule has 0 amide bonds. The van der Waals surface area contributed by atoms with E-state index in [1.54, 1.807) is 0 Å². The Bertz CT molecular complexity index is 453. The summed E-state index contributed by atoms with van der Waals surface area (Å²) in [6, 6.07) is 3.38.